The quantitative estimate of drug-likeness (QED) is 0.550. The van der Waals surface area contributed by atoms with E-state index in [9.17, 15) is 18.0 Å². The maximum atomic E-state index is 13.8. The van der Waals surface area contributed by atoms with E-state index in [-0.39, 0.29) is 16.8 Å². The second kappa shape index (κ2) is 9.93. The van der Waals surface area contributed by atoms with Crippen molar-refractivity contribution in [2.75, 3.05) is 36.7 Å². The Bertz CT molecular complexity index is 1010. The van der Waals surface area contributed by atoms with Gasteiger partial charge in [-0.25, -0.2) is 4.98 Å². The predicted octanol–water partition coefficient (Wildman–Crippen LogP) is 5.68. The number of pyridine rings is 1. The number of nitrogens with zero attached hydrogens (tertiary/aromatic N) is 2. The summed E-state index contributed by atoms with van der Waals surface area (Å²) in [5, 5.41) is 9.79. The lowest BCUT2D eigenvalue weighted by Crippen LogP contribution is -2.37. The Morgan fingerprint density at radius 3 is 2.33 bits per heavy atom. The Morgan fingerprint density at radius 2 is 1.79 bits per heavy atom. The number of aliphatic hydroxyl groups is 1. The highest BCUT2D eigenvalue weighted by molar-refractivity contribution is 7.98. The second-order valence-electron chi connectivity index (χ2n) is 8.57. The predicted molar refractivity (Wildman–Crippen MR) is 126 cm³/mol. The second-order valence-corrected chi connectivity index (χ2v) is 9.45. The SMILES string of the molecule is CO.CSc1cccc(NC(=O)c2c(N3CCC4(CC3)CC4)nc(C)c(C(F)(F)F)c2C)c1. The van der Waals surface area contributed by atoms with Crippen LogP contribution in [-0.2, 0) is 6.18 Å². The normalized spacial score (nSPS) is 16.8. The molecule has 2 heterocycles. The Hall–Kier alpha value is -2.26. The fourth-order valence-corrected chi connectivity index (χ4v) is 4.98. The van der Waals surface area contributed by atoms with E-state index in [4.69, 9.17) is 5.11 Å². The standard InChI is InChI=1S/C23H26F3N3OS.CH4O/c1-14-18(21(30)28-16-5-4-6-17(13-16)31-3)20(27-15(2)19(14)23(24,25)26)29-11-9-22(7-8-22)10-12-29;1-2/h4-6,13H,7-12H2,1-3H3,(H,28,30);2H,1H3. The first kappa shape index (κ1) is 25.4. The maximum absolute atomic E-state index is 13.8. The molecule has 1 saturated heterocycles. The molecule has 0 atom stereocenters. The molecule has 1 spiro atoms. The van der Waals surface area contributed by atoms with Crippen LogP contribution < -0.4 is 10.2 Å². The average Bonchev–Trinajstić information content (AvgIpc) is 3.53. The van der Waals surface area contributed by atoms with Crippen LogP contribution in [0, 0.1) is 19.3 Å². The van der Waals surface area contributed by atoms with E-state index >= 15 is 0 Å². The molecule has 1 aliphatic heterocycles. The van der Waals surface area contributed by atoms with Crippen LogP contribution in [0.25, 0.3) is 0 Å². The third-order valence-corrected chi connectivity index (χ3v) is 7.25. The smallest absolute Gasteiger partial charge is 0.400 e. The summed E-state index contributed by atoms with van der Waals surface area (Å²) in [6.45, 7) is 4.16. The van der Waals surface area contributed by atoms with Crippen molar-refractivity contribution in [2.45, 2.75) is 50.6 Å². The zero-order valence-corrected chi connectivity index (χ0v) is 20.2. The molecule has 1 amide bonds. The van der Waals surface area contributed by atoms with Crippen LogP contribution in [0.4, 0.5) is 24.7 Å². The fraction of sp³-hybridized carbons (Fsp3) is 0.500. The number of thioether (sulfide) groups is 1. The molecule has 1 aromatic heterocycles. The minimum Gasteiger partial charge on any atom is -0.400 e. The van der Waals surface area contributed by atoms with Crippen LogP contribution in [0.2, 0.25) is 0 Å². The molecule has 1 aromatic carbocycles. The topological polar surface area (TPSA) is 65.5 Å². The summed E-state index contributed by atoms with van der Waals surface area (Å²) in [4.78, 5) is 20.5. The summed E-state index contributed by atoms with van der Waals surface area (Å²) < 4.78 is 41.3. The zero-order valence-electron chi connectivity index (χ0n) is 19.3. The highest BCUT2D eigenvalue weighted by atomic mass is 32.2. The number of aryl methyl sites for hydroxylation is 1. The van der Waals surface area contributed by atoms with Gasteiger partial charge in [0, 0.05) is 30.8 Å². The summed E-state index contributed by atoms with van der Waals surface area (Å²) in [7, 11) is 1.00. The molecule has 0 bridgehead atoms. The lowest BCUT2D eigenvalue weighted by molar-refractivity contribution is -0.138. The van der Waals surface area contributed by atoms with Gasteiger partial charge >= 0.3 is 6.18 Å². The lowest BCUT2D eigenvalue weighted by Gasteiger charge is -2.35. The lowest BCUT2D eigenvalue weighted by atomic mass is 9.92. The molecule has 1 aliphatic carbocycles. The van der Waals surface area contributed by atoms with E-state index in [1.807, 2.05) is 29.4 Å². The van der Waals surface area contributed by atoms with E-state index in [1.54, 1.807) is 6.07 Å². The van der Waals surface area contributed by atoms with Crippen molar-refractivity contribution >= 4 is 29.2 Å². The molecular weight excluding hydrogens is 451 g/mol. The van der Waals surface area contributed by atoms with Crippen molar-refractivity contribution < 1.29 is 23.1 Å². The van der Waals surface area contributed by atoms with Gasteiger partial charge in [-0.2, -0.15) is 13.2 Å². The molecular formula is C24H30F3N3O2S. The highest BCUT2D eigenvalue weighted by Gasteiger charge is 2.45. The van der Waals surface area contributed by atoms with Gasteiger partial charge in [-0.05, 0) is 75.0 Å². The van der Waals surface area contributed by atoms with E-state index < -0.39 is 17.6 Å². The Balaban J connectivity index is 0.00000149. The Morgan fingerprint density at radius 1 is 1.15 bits per heavy atom. The number of hydrogen-bond acceptors (Lipinski definition) is 5. The first-order chi connectivity index (χ1) is 15.6. The number of carbonyl (C=O) groups is 1. The van der Waals surface area contributed by atoms with Crippen molar-refractivity contribution in [1.29, 1.82) is 0 Å². The first-order valence-corrected chi connectivity index (χ1v) is 12.1. The number of alkyl halides is 3. The number of carbonyl (C=O) groups excluding carboxylic acids is 1. The largest absolute Gasteiger partial charge is 0.418 e. The molecule has 0 radical (unpaired) electrons. The summed E-state index contributed by atoms with van der Waals surface area (Å²) in [6.07, 6.45) is 1.77. The third-order valence-electron chi connectivity index (χ3n) is 6.53. The van der Waals surface area contributed by atoms with E-state index in [0.29, 0.717) is 30.0 Å². The molecule has 2 fully saturated rings. The Labute approximate surface area is 196 Å². The zero-order chi connectivity index (χ0) is 24.4. The number of amides is 1. The third kappa shape index (κ3) is 5.46. The number of piperidine rings is 1. The van der Waals surface area contributed by atoms with Gasteiger partial charge in [0.1, 0.15) is 5.82 Å². The van der Waals surface area contributed by atoms with Crippen LogP contribution in [0.15, 0.2) is 29.2 Å². The number of aliphatic hydroxyl groups excluding tert-OH is 1. The van der Waals surface area contributed by atoms with Crippen LogP contribution in [-0.4, -0.2) is 42.5 Å². The number of hydrogen-bond donors (Lipinski definition) is 2. The number of benzene rings is 1. The van der Waals surface area contributed by atoms with Gasteiger partial charge in [0.15, 0.2) is 0 Å². The minimum atomic E-state index is -4.58. The van der Waals surface area contributed by atoms with Crippen molar-refractivity contribution in [3.63, 3.8) is 0 Å². The maximum Gasteiger partial charge on any atom is 0.418 e. The fourth-order valence-electron chi connectivity index (χ4n) is 4.52. The van der Waals surface area contributed by atoms with Crippen molar-refractivity contribution in [1.82, 2.24) is 4.98 Å². The van der Waals surface area contributed by atoms with E-state index in [1.165, 1.54) is 38.5 Å². The van der Waals surface area contributed by atoms with Crippen molar-refractivity contribution in [2.24, 2.45) is 5.41 Å². The molecule has 180 valence electrons. The van der Waals surface area contributed by atoms with E-state index in [2.05, 4.69) is 10.3 Å². The minimum absolute atomic E-state index is 0.0132. The molecule has 2 N–H and O–H groups in total. The van der Waals surface area contributed by atoms with Crippen molar-refractivity contribution in [3.05, 3.63) is 46.6 Å². The van der Waals surface area contributed by atoms with Gasteiger partial charge in [0.2, 0.25) is 0 Å². The average molecular weight is 482 g/mol. The van der Waals surface area contributed by atoms with Gasteiger partial charge in [-0.3, -0.25) is 4.79 Å². The molecule has 4 rings (SSSR count). The number of rotatable bonds is 4. The van der Waals surface area contributed by atoms with E-state index in [0.717, 1.165) is 24.8 Å². The summed E-state index contributed by atoms with van der Waals surface area (Å²) in [6, 6.07) is 7.26. The monoisotopic (exact) mass is 481 g/mol. The van der Waals surface area contributed by atoms with Gasteiger partial charge in [0.25, 0.3) is 5.91 Å². The van der Waals surface area contributed by atoms with Gasteiger partial charge in [-0.15, -0.1) is 11.8 Å². The molecule has 33 heavy (non-hydrogen) atoms. The van der Waals surface area contributed by atoms with Crippen LogP contribution in [0.5, 0.6) is 0 Å². The molecule has 0 unspecified atom stereocenters. The van der Waals surface area contributed by atoms with Gasteiger partial charge < -0.3 is 15.3 Å². The number of halogens is 3. The molecule has 9 heteroatoms. The van der Waals surface area contributed by atoms with Gasteiger partial charge in [-0.1, -0.05) is 6.07 Å². The summed E-state index contributed by atoms with van der Waals surface area (Å²) >= 11 is 1.53. The molecule has 2 aliphatic rings. The summed E-state index contributed by atoms with van der Waals surface area (Å²) in [5.41, 5.74) is -0.0124. The van der Waals surface area contributed by atoms with Gasteiger partial charge in [0.05, 0.1) is 16.8 Å². The van der Waals surface area contributed by atoms with Crippen molar-refractivity contribution in [3.8, 4) is 0 Å². The number of anilines is 2. The first-order valence-electron chi connectivity index (χ1n) is 10.9. The molecule has 2 aromatic rings. The Kier molecular flexibility index (Phi) is 7.63. The number of nitrogens with one attached hydrogen (secondary N) is 1. The molecule has 1 saturated carbocycles. The highest BCUT2D eigenvalue weighted by Crippen LogP contribution is 2.54. The number of aromatic nitrogens is 1. The molecule has 5 nitrogen and oxygen atoms in total. The summed E-state index contributed by atoms with van der Waals surface area (Å²) in [5.74, 6) is -0.201. The van der Waals surface area contributed by atoms with Crippen LogP contribution in [0.1, 0.15) is 52.9 Å². The van der Waals surface area contributed by atoms with Crippen LogP contribution in [0.3, 0.4) is 0 Å². The van der Waals surface area contributed by atoms with Crippen LogP contribution >= 0.6 is 11.8 Å².